The SMILES string of the molecule is Cc1ccc(C)c(S[C@@H]2CCC[C@H]2O)c1. The van der Waals surface area contributed by atoms with Gasteiger partial charge in [0.05, 0.1) is 6.10 Å². The van der Waals surface area contributed by atoms with E-state index in [-0.39, 0.29) is 6.10 Å². The van der Waals surface area contributed by atoms with Crippen LogP contribution in [0.25, 0.3) is 0 Å². The predicted octanol–water partition coefficient (Wildman–Crippen LogP) is 3.31. The van der Waals surface area contributed by atoms with Gasteiger partial charge in [-0.1, -0.05) is 17.7 Å². The van der Waals surface area contributed by atoms with Crippen molar-refractivity contribution in [1.82, 2.24) is 0 Å². The molecule has 1 aliphatic carbocycles. The molecule has 82 valence electrons. The van der Waals surface area contributed by atoms with Crippen molar-refractivity contribution in [3.8, 4) is 0 Å². The second kappa shape index (κ2) is 4.58. The Kier molecular flexibility index (Phi) is 3.37. The van der Waals surface area contributed by atoms with Crippen molar-refractivity contribution < 1.29 is 5.11 Å². The normalized spacial score (nSPS) is 25.8. The number of thioether (sulfide) groups is 1. The van der Waals surface area contributed by atoms with Crippen LogP contribution >= 0.6 is 11.8 Å². The quantitative estimate of drug-likeness (QED) is 0.828. The Morgan fingerprint density at radius 1 is 1.27 bits per heavy atom. The molecule has 1 fully saturated rings. The lowest BCUT2D eigenvalue weighted by atomic mass is 10.2. The third-order valence-electron chi connectivity index (χ3n) is 3.04. The van der Waals surface area contributed by atoms with Gasteiger partial charge in [-0.25, -0.2) is 0 Å². The number of aliphatic hydroxyl groups is 1. The summed E-state index contributed by atoms with van der Waals surface area (Å²) in [6, 6.07) is 6.54. The van der Waals surface area contributed by atoms with Crippen LogP contribution in [0.2, 0.25) is 0 Å². The maximum Gasteiger partial charge on any atom is 0.0662 e. The molecule has 0 spiro atoms. The van der Waals surface area contributed by atoms with Gasteiger partial charge in [-0.15, -0.1) is 11.8 Å². The summed E-state index contributed by atoms with van der Waals surface area (Å²) in [5.41, 5.74) is 2.63. The monoisotopic (exact) mass is 222 g/mol. The van der Waals surface area contributed by atoms with Crippen LogP contribution < -0.4 is 0 Å². The smallest absolute Gasteiger partial charge is 0.0662 e. The molecule has 1 nitrogen and oxygen atoms in total. The maximum atomic E-state index is 9.79. The zero-order valence-electron chi connectivity index (χ0n) is 9.36. The first-order valence-electron chi connectivity index (χ1n) is 5.59. The van der Waals surface area contributed by atoms with Crippen molar-refractivity contribution in [1.29, 1.82) is 0 Å². The first-order valence-corrected chi connectivity index (χ1v) is 6.47. The van der Waals surface area contributed by atoms with E-state index in [1.807, 2.05) is 11.8 Å². The Hall–Kier alpha value is -0.470. The van der Waals surface area contributed by atoms with E-state index in [9.17, 15) is 5.11 Å². The van der Waals surface area contributed by atoms with Crippen molar-refractivity contribution in [2.45, 2.75) is 49.4 Å². The molecule has 0 unspecified atom stereocenters. The number of hydrogen-bond acceptors (Lipinski definition) is 2. The van der Waals surface area contributed by atoms with E-state index >= 15 is 0 Å². The molecule has 2 rings (SSSR count). The van der Waals surface area contributed by atoms with E-state index in [4.69, 9.17) is 0 Å². The molecule has 0 saturated heterocycles. The minimum Gasteiger partial charge on any atom is -0.392 e. The first kappa shape index (κ1) is 11.0. The molecule has 0 heterocycles. The van der Waals surface area contributed by atoms with Crippen LogP contribution in [0.3, 0.4) is 0 Å². The van der Waals surface area contributed by atoms with Crippen molar-refractivity contribution in [2.24, 2.45) is 0 Å². The summed E-state index contributed by atoms with van der Waals surface area (Å²) in [7, 11) is 0. The highest BCUT2D eigenvalue weighted by Gasteiger charge is 2.26. The van der Waals surface area contributed by atoms with Gasteiger partial charge in [-0.3, -0.25) is 0 Å². The average Bonchev–Trinajstić information content (AvgIpc) is 2.58. The van der Waals surface area contributed by atoms with Gasteiger partial charge in [0, 0.05) is 10.1 Å². The Labute approximate surface area is 95.9 Å². The fourth-order valence-electron chi connectivity index (χ4n) is 2.04. The molecule has 0 amide bonds. The molecule has 0 aromatic heterocycles. The Morgan fingerprint density at radius 3 is 2.73 bits per heavy atom. The van der Waals surface area contributed by atoms with E-state index in [1.165, 1.54) is 22.4 Å². The van der Waals surface area contributed by atoms with Crippen LogP contribution in [0.15, 0.2) is 23.1 Å². The van der Waals surface area contributed by atoms with Gasteiger partial charge in [-0.05, 0) is 44.7 Å². The van der Waals surface area contributed by atoms with Crippen molar-refractivity contribution in [3.05, 3.63) is 29.3 Å². The number of benzene rings is 1. The van der Waals surface area contributed by atoms with Crippen LogP contribution in [-0.4, -0.2) is 16.5 Å². The lowest BCUT2D eigenvalue weighted by Gasteiger charge is -2.15. The Bertz CT molecular complexity index is 348. The van der Waals surface area contributed by atoms with E-state index in [2.05, 4.69) is 32.0 Å². The summed E-state index contributed by atoms with van der Waals surface area (Å²) < 4.78 is 0. The highest BCUT2D eigenvalue weighted by atomic mass is 32.2. The van der Waals surface area contributed by atoms with Crippen LogP contribution in [0, 0.1) is 13.8 Å². The fraction of sp³-hybridized carbons (Fsp3) is 0.538. The lowest BCUT2D eigenvalue weighted by Crippen LogP contribution is -2.15. The van der Waals surface area contributed by atoms with Gasteiger partial charge in [0.1, 0.15) is 0 Å². The topological polar surface area (TPSA) is 20.2 Å². The minimum atomic E-state index is -0.102. The largest absolute Gasteiger partial charge is 0.392 e. The van der Waals surface area contributed by atoms with Crippen molar-refractivity contribution in [3.63, 3.8) is 0 Å². The van der Waals surface area contributed by atoms with Gasteiger partial charge in [-0.2, -0.15) is 0 Å². The fourth-order valence-corrected chi connectivity index (χ4v) is 3.45. The molecule has 0 bridgehead atoms. The van der Waals surface area contributed by atoms with E-state index in [0.29, 0.717) is 5.25 Å². The minimum absolute atomic E-state index is 0.102. The van der Waals surface area contributed by atoms with Crippen LogP contribution in [0.5, 0.6) is 0 Å². The highest BCUT2D eigenvalue weighted by Crippen LogP contribution is 2.36. The van der Waals surface area contributed by atoms with Crippen molar-refractivity contribution in [2.75, 3.05) is 0 Å². The zero-order chi connectivity index (χ0) is 10.8. The third kappa shape index (κ3) is 2.56. The van der Waals surface area contributed by atoms with E-state index in [0.717, 1.165) is 12.8 Å². The number of rotatable bonds is 2. The summed E-state index contributed by atoms with van der Waals surface area (Å²) in [5.74, 6) is 0. The van der Waals surface area contributed by atoms with E-state index in [1.54, 1.807) is 0 Å². The van der Waals surface area contributed by atoms with Gasteiger partial charge in [0.15, 0.2) is 0 Å². The molecule has 0 aliphatic heterocycles. The summed E-state index contributed by atoms with van der Waals surface area (Å²) in [6.45, 7) is 4.26. The van der Waals surface area contributed by atoms with Gasteiger partial charge >= 0.3 is 0 Å². The van der Waals surface area contributed by atoms with Gasteiger partial charge in [0.25, 0.3) is 0 Å². The Balaban J connectivity index is 2.12. The number of aryl methyl sites for hydroxylation is 2. The predicted molar refractivity (Wildman–Crippen MR) is 65.4 cm³/mol. The molecule has 2 atom stereocenters. The van der Waals surface area contributed by atoms with E-state index < -0.39 is 0 Å². The zero-order valence-corrected chi connectivity index (χ0v) is 10.2. The van der Waals surface area contributed by atoms with Gasteiger partial charge in [0.2, 0.25) is 0 Å². The molecular weight excluding hydrogens is 204 g/mol. The summed E-state index contributed by atoms with van der Waals surface area (Å²) in [4.78, 5) is 1.33. The van der Waals surface area contributed by atoms with Crippen LogP contribution in [-0.2, 0) is 0 Å². The average molecular weight is 222 g/mol. The van der Waals surface area contributed by atoms with Gasteiger partial charge < -0.3 is 5.11 Å². The second-order valence-electron chi connectivity index (χ2n) is 4.42. The molecular formula is C13H18OS. The first-order chi connectivity index (χ1) is 7.16. The molecule has 1 saturated carbocycles. The second-order valence-corrected chi connectivity index (χ2v) is 5.70. The van der Waals surface area contributed by atoms with Crippen LogP contribution in [0.1, 0.15) is 30.4 Å². The third-order valence-corrected chi connectivity index (χ3v) is 4.59. The molecule has 1 aromatic carbocycles. The standard InChI is InChI=1S/C13H18OS/c1-9-6-7-10(2)13(8-9)15-12-5-3-4-11(12)14/h6-8,11-12,14H,3-5H2,1-2H3/t11-,12-/m1/s1. The number of aliphatic hydroxyl groups excluding tert-OH is 1. The lowest BCUT2D eigenvalue weighted by molar-refractivity contribution is 0.188. The molecule has 1 aromatic rings. The Morgan fingerprint density at radius 2 is 2.07 bits per heavy atom. The molecule has 2 heteroatoms. The highest BCUT2D eigenvalue weighted by molar-refractivity contribution is 8.00. The molecule has 0 radical (unpaired) electrons. The molecule has 15 heavy (non-hydrogen) atoms. The molecule has 1 aliphatic rings. The van der Waals surface area contributed by atoms with Crippen LogP contribution in [0.4, 0.5) is 0 Å². The summed E-state index contributed by atoms with van der Waals surface area (Å²) in [5, 5.41) is 10.2. The maximum absolute atomic E-state index is 9.79. The summed E-state index contributed by atoms with van der Waals surface area (Å²) >= 11 is 1.85. The van der Waals surface area contributed by atoms with Crippen molar-refractivity contribution >= 4 is 11.8 Å². The summed E-state index contributed by atoms with van der Waals surface area (Å²) in [6.07, 6.45) is 3.20. The number of hydrogen-bond donors (Lipinski definition) is 1. The molecule has 1 N–H and O–H groups in total.